The van der Waals surface area contributed by atoms with E-state index in [0.29, 0.717) is 22.6 Å². The predicted molar refractivity (Wildman–Crippen MR) is 118 cm³/mol. The molecule has 1 fully saturated rings. The molecule has 12 heteroatoms. The number of nitrogens with zero attached hydrogens (tertiary/aromatic N) is 2. The van der Waals surface area contributed by atoms with Crippen molar-refractivity contribution in [1.29, 1.82) is 0 Å². The van der Waals surface area contributed by atoms with Crippen molar-refractivity contribution in [3.05, 3.63) is 40.8 Å². The van der Waals surface area contributed by atoms with Gasteiger partial charge in [-0.1, -0.05) is 6.07 Å². The summed E-state index contributed by atoms with van der Waals surface area (Å²) in [6, 6.07) is 4.24. The van der Waals surface area contributed by atoms with Gasteiger partial charge >= 0.3 is 11.9 Å². The van der Waals surface area contributed by atoms with Crippen LogP contribution in [-0.4, -0.2) is 80.3 Å². The fraction of sp³-hybridized carbons (Fsp3) is 0.565. The van der Waals surface area contributed by atoms with Crippen LogP contribution in [0.25, 0.3) is 0 Å². The average Bonchev–Trinajstić information content (AvgIpc) is 3.10. The van der Waals surface area contributed by atoms with Crippen molar-refractivity contribution in [1.82, 2.24) is 9.78 Å². The Balaban J connectivity index is 1.97. The van der Waals surface area contributed by atoms with Crippen LogP contribution in [0.3, 0.4) is 0 Å². The molecule has 1 aromatic carbocycles. The number of esters is 1. The van der Waals surface area contributed by atoms with Gasteiger partial charge in [0.2, 0.25) is 5.88 Å². The maximum absolute atomic E-state index is 14.7. The first-order chi connectivity index (χ1) is 16.4. The summed E-state index contributed by atoms with van der Waals surface area (Å²) >= 11 is 0. The molecule has 5 atom stereocenters. The van der Waals surface area contributed by atoms with Gasteiger partial charge in [-0.15, -0.1) is 5.10 Å². The fourth-order valence-corrected chi connectivity index (χ4v) is 3.84. The van der Waals surface area contributed by atoms with Gasteiger partial charge in [-0.2, -0.15) is 0 Å². The molecule has 1 aromatic heterocycles. The number of aliphatic hydroxyl groups excluding tert-OH is 3. The van der Waals surface area contributed by atoms with E-state index in [2.05, 4.69) is 5.10 Å². The van der Waals surface area contributed by atoms with Crippen LogP contribution in [0.4, 0.5) is 4.39 Å². The molecule has 0 bridgehead atoms. The Morgan fingerprint density at radius 1 is 1.29 bits per heavy atom. The fourth-order valence-electron chi connectivity index (χ4n) is 3.84. The lowest BCUT2D eigenvalue weighted by molar-refractivity contribution is -0.423. The van der Waals surface area contributed by atoms with Crippen LogP contribution in [0, 0.1) is 12.7 Å². The molecule has 0 spiro atoms. The molecule has 1 aliphatic heterocycles. The van der Waals surface area contributed by atoms with E-state index < -0.39 is 48.8 Å². The number of ether oxygens (including phenoxy) is 4. The third-order valence-corrected chi connectivity index (χ3v) is 5.80. The van der Waals surface area contributed by atoms with E-state index in [0.717, 1.165) is 6.92 Å². The smallest absolute Gasteiger partial charge is 0.356 e. The van der Waals surface area contributed by atoms with Crippen molar-refractivity contribution in [3.63, 3.8) is 0 Å². The monoisotopic (exact) mass is 498 g/mol. The summed E-state index contributed by atoms with van der Waals surface area (Å²) in [5.41, 5.74) is 1.29. The van der Waals surface area contributed by atoms with Crippen LogP contribution in [0.5, 0.6) is 11.6 Å². The molecule has 4 N–H and O–H groups in total. The summed E-state index contributed by atoms with van der Waals surface area (Å²) in [5, 5.41) is 46.3. The molecule has 0 unspecified atom stereocenters. The molecule has 0 aliphatic carbocycles. The van der Waals surface area contributed by atoms with Gasteiger partial charge in [0.15, 0.2) is 6.10 Å². The number of halogens is 1. The largest absolute Gasteiger partial charge is 0.497 e. The molecule has 0 amide bonds. The third kappa shape index (κ3) is 5.57. The minimum atomic E-state index is -2.86. The number of aromatic nitrogens is 2. The highest BCUT2D eigenvalue weighted by Crippen LogP contribution is 2.35. The first-order valence-corrected chi connectivity index (χ1v) is 11.0. The lowest BCUT2D eigenvalue weighted by atomic mass is 9.97. The maximum Gasteiger partial charge on any atom is 0.356 e. The second kappa shape index (κ2) is 10.5. The SMILES string of the molecule is COc1ccc(Cc2c(O[C@@]3(O)O[C@H](COC(C)=O)[C@@H](O)[C@H](O)[C@H]3O)nn(C(C)C)c2C)c(F)c1. The van der Waals surface area contributed by atoms with Crippen molar-refractivity contribution >= 4 is 5.97 Å². The van der Waals surface area contributed by atoms with Gasteiger partial charge in [-0.05, 0) is 32.4 Å². The van der Waals surface area contributed by atoms with Crippen molar-refractivity contribution in [3.8, 4) is 11.6 Å². The zero-order valence-electron chi connectivity index (χ0n) is 20.1. The number of carbonyl (C=O) groups is 1. The number of rotatable bonds is 8. The quantitative estimate of drug-likeness (QED) is 0.300. The van der Waals surface area contributed by atoms with Crippen molar-refractivity contribution in [2.24, 2.45) is 0 Å². The summed E-state index contributed by atoms with van der Waals surface area (Å²) in [7, 11) is 1.42. The molecule has 0 saturated carbocycles. The van der Waals surface area contributed by atoms with E-state index in [4.69, 9.17) is 18.9 Å². The van der Waals surface area contributed by atoms with Crippen LogP contribution in [0.15, 0.2) is 18.2 Å². The molecule has 1 aliphatic rings. The third-order valence-electron chi connectivity index (χ3n) is 5.80. The molecule has 1 saturated heterocycles. The second-order valence-electron chi connectivity index (χ2n) is 8.66. The maximum atomic E-state index is 14.7. The van der Waals surface area contributed by atoms with Gasteiger partial charge < -0.3 is 39.4 Å². The summed E-state index contributed by atoms with van der Waals surface area (Å²) < 4.78 is 37.1. The Morgan fingerprint density at radius 3 is 2.54 bits per heavy atom. The molecule has 2 heterocycles. The van der Waals surface area contributed by atoms with E-state index in [1.165, 1.54) is 13.2 Å². The van der Waals surface area contributed by atoms with Crippen molar-refractivity contribution in [2.75, 3.05) is 13.7 Å². The normalized spacial score (nSPS) is 26.6. The molecule has 2 aromatic rings. The molecular formula is C23H31FN2O9. The zero-order valence-corrected chi connectivity index (χ0v) is 20.1. The van der Waals surface area contributed by atoms with Gasteiger partial charge in [-0.3, -0.25) is 9.48 Å². The van der Waals surface area contributed by atoms with Crippen LogP contribution in [0.1, 0.15) is 43.6 Å². The van der Waals surface area contributed by atoms with E-state index >= 15 is 0 Å². The Hall–Kier alpha value is -2.77. The highest BCUT2D eigenvalue weighted by Gasteiger charge is 2.56. The van der Waals surface area contributed by atoms with Crippen LogP contribution < -0.4 is 9.47 Å². The molecule has 0 radical (unpaired) electrons. The van der Waals surface area contributed by atoms with E-state index in [9.17, 15) is 29.6 Å². The van der Waals surface area contributed by atoms with E-state index in [1.54, 1.807) is 23.7 Å². The van der Waals surface area contributed by atoms with Crippen molar-refractivity contribution < 1.29 is 48.6 Å². The molecular weight excluding hydrogens is 467 g/mol. The zero-order chi connectivity index (χ0) is 26.1. The van der Waals surface area contributed by atoms with Crippen molar-refractivity contribution in [2.45, 2.75) is 70.5 Å². The lowest BCUT2D eigenvalue weighted by Gasteiger charge is -2.44. The summed E-state index contributed by atoms with van der Waals surface area (Å²) in [6.45, 7) is 6.07. The van der Waals surface area contributed by atoms with Crippen LogP contribution in [0.2, 0.25) is 0 Å². The summed E-state index contributed by atoms with van der Waals surface area (Å²) in [6.07, 6.45) is -7.10. The highest BCUT2D eigenvalue weighted by atomic mass is 19.1. The average molecular weight is 499 g/mol. The molecule has 3 rings (SSSR count). The summed E-state index contributed by atoms with van der Waals surface area (Å²) in [5.74, 6) is -3.90. The van der Waals surface area contributed by atoms with Gasteiger partial charge in [0.1, 0.15) is 36.5 Å². The van der Waals surface area contributed by atoms with Crippen LogP contribution >= 0.6 is 0 Å². The first kappa shape index (κ1) is 26.8. The Morgan fingerprint density at radius 2 is 1.97 bits per heavy atom. The van der Waals surface area contributed by atoms with Gasteiger partial charge in [0.25, 0.3) is 0 Å². The summed E-state index contributed by atoms with van der Waals surface area (Å²) in [4.78, 5) is 11.2. The van der Waals surface area contributed by atoms with Gasteiger partial charge in [0, 0.05) is 36.7 Å². The Kier molecular flexibility index (Phi) is 8.02. The second-order valence-corrected chi connectivity index (χ2v) is 8.66. The van der Waals surface area contributed by atoms with E-state index in [-0.39, 0.29) is 18.3 Å². The number of benzene rings is 1. The molecule has 11 nitrogen and oxygen atoms in total. The van der Waals surface area contributed by atoms with Crippen LogP contribution in [-0.2, 0) is 20.7 Å². The van der Waals surface area contributed by atoms with E-state index in [1.807, 2.05) is 13.8 Å². The minimum Gasteiger partial charge on any atom is -0.497 e. The number of aliphatic hydroxyl groups is 4. The number of hydrogen-bond acceptors (Lipinski definition) is 10. The predicted octanol–water partition coefficient (Wildman–Crippen LogP) is 0.580. The lowest BCUT2D eigenvalue weighted by Crippen LogP contribution is -2.67. The van der Waals surface area contributed by atoms with Gasteiger partial charge in [-0.25, -0.2) is 4.39 Å². The first-order valence-electron chi connectivity index (χ1n) is 11.0. The molecule has 35 heavy (non-hydrogen) atoms. The minimum absolute atomic E-state index is 0.0118. The molecule has 194 valence electrons. The number of hydrogen-bond donors (Lipinski definition) is 4. The Bertz CT molecular complexity index is 1060. The highest BCUT2D eigenvalue weighted by molar-refractivity contribution is 5.65. The number of carbonyl (C=O) groups excluding carboxylic acids is 1. The number of methoxy groups -OCH3 is 1. The topological polar surface area (TPSA) is 153 Å². The standard InChI is InChI=1S/C23H31FN2O9/c1-11(2)26-12(3)16(8-14-6-7-15(32-5)9-17(14)24)22(25-26)35-23(31)21(30)20(29)19(28)18(34-23)10-33-13(4)27/h6-7,9,11,18-21,28-31H,8,10H2,1-5H3/t18-,19-,20+,21-,23+/m1/s1. The van der Waals surface area contributed by atoms with Gasteiger partial charge in [0.05, 0.1) is 7.11 Å². The Labute approximate surface area is 201 Å².